The summed E-state index contributed by atoms with van der Waals surface area (Å²) in [6.07, 6.45) is 2.54. The van der Waals surface area contributed by atoms with E-state index in [0.29, 0.717) is 18.0 Å². The molecule has 134 valence electrons. The highest BCUT2D eigenvalue weighted by Gasteiger charge is 2.39. The zero-order valence-electron chi connectivity index (χ0n) is 14.6. The lowest BCUT2D eigenvalue weighted by molar-refractivity contribution is -0.117. The Labute approximate surface area is 150 Å². The van der Waals surface area contributed by atoms with Crippen molar-refractivity contribution in [1.82, 2.24) is 5.32 Å². The second-order valence-electron chi connectivity index (χ2n) is 6.53. The van der Waals surface area contributed by atoms with Gasteiger partial charge in [0.1, 0.15) is 0 Å². The van der Waals surface area contributed by atoms with Crippen LogP contribution in [0.15, 0.2) is 24.3 Å². The fourth-order valence-electron chi connectivity index (χ4n) is 2.71. The van der Waals surface area contributed by atoms with Crippen LogP contribution in [0.3, 0.4) is 0 Å². The summed E-state index contributed by atoms with van der Waals surface area (Å²) in [6.45, 7) is 6.53. The first-order chi connectivity index (χ1) is 10.9. The van der Waals surface area contributed by atoms with Gasteiger partial charge in [-0.05, 0) is 49.4 Å². The molecule has 0 aliphatic heterocycles. The van der Waals surface area contributed by atoms with Gasteiger partial charge in [0.2, 0.25) is 5.91 Å². The van der Waals surface area contributed by atoms with E-state index in [1.807, 2.05) is 13.8 Å². The molecule has 0 saturated heterocycles. The molecule has 0 bridgehead atoms. The first-order valence-electron chi connectivity index (χ1n) is 8.38. The highest BCUT2D eigenvalue weighted by molar-refractivity contribution is 5.97. The molecular formula is C18H28ClN3O2. The molecule has 1 fully saturated rings. The number of hydrogen-bond donors (Lipinski definition) is 3. The number of anilines is 1. The summed E-state index contributed by atoms with van der Waals surface area (Å²) in [5, 5.41) is 5.93. The molecule has 0 aromatic heterocycles. The van der Waals surface area contributed by atoms with Gasteiger partial charge in [-0.25, -0.2) is 0 Å². The van der Waals surface area contributed by atoms with Crippen molar-refractivity contribution in [1.29, 1.82) is 0 Å². The molecule has 0 spiro atoms. The number of rotatable bonds is 7. The van der Waals surface area contributed by atoms with Gasteiger partial charge in [-0.3, -0.25) is 9.59 Å². The smallest absolute Gasteiger partial charge is 0.251 e. The predicted molar refractivity (Wildman–Crippen MR) is 99.4 cm³/mol. The van der Waals surface area contributed by atoms with Crippen LogP contribution in [-0.4, -0.2) is 23.9 Å². The second kappa shape index (κ2) is 8.49. The first kappa shape index (κ1) is 20.5. The summed E-state index contributed by atoms with van der Waals surface area (Å²) < 4.78 is 0. The summed E-state index contributed by atoms with van der Waals surface area (Å²) in [5.41, 5.74) is 6.76. The van der Waals surface area contributed by atoms with Crippen LogP contribution in [-0.2, 0) is 4.79 Å². The molecule has 1 aromatic rings. The quantitative estimate of drug-likeness (QED) is 0.704. The third kappa shape index (κ3) is 4.71. The van der Waals surface area contributed by atoms with Gasteiger partial charge in [-0.15, -0.1) is 12.4 Å². The minimum absolute atomic E-state index is 0. The van der Waals surface area contributed by atoms with Crippen LogP contribution in [0.1, 0.15) is 50.4 Å². The number of hydrogen-bond acceptors (Lipinski definition) is 3. The van der Waals surface area contributed by atoms with E-state index in [0.717, 1.165) is 24.9 Å². The minimum Gasteiger partial charge on any atom is -0.345 e. The number of carbonyl (C=O) groups is 2. The highest BCUT2D eigenvalue weighted by atomic mass is 35.5. The van der Waals surface area contributed by atoms with Gasteiger partial charge in [-0.1, -0.05) is 20.8 Å². The fraction of sp³-hybridized carbons (Fsp3) is 0.556. The van der Waals surface area contributed by atoms with Crippen molar-refractivity contribution in [3.63, 3.8) is 0 Å². The third-order valence-electron chi connectivity index (χ3n) is 4.98. The van der Waals surface area contributed by atoms with Crippen molar-refractivity contribution in [2.24, 2.45) is 17.6 Å². The largest absolute Gasteiger partial charge is 0.345 e. The number of nitrogens with one attached hydrogen (secondary N) is 2. The Morgan fingerprint density at radius 3 is 2.17 bits per heavy atom. The SMILES string of the molecule is CCC(CC)(CN)NC(=O)c1ccc(NC(=O)C2CC2C)cc1.Cl. The van der Waals surface area contributed by atoms with E-state index in [-0.39, 0.29) is 35.7 Å². The Kier molecular flexibility index (Phi) is 7.24. The van der Waals surface area contributed by atoms with E-state index in [2.05, 4.69) is 17.6 Å². The molecule has 1 saturated carbocycles. The van der Waals surface area contributed by atoms with Gasteiger partial charge in [0.15, 0.2) is 0 Å². The zero-order valence-corrected chi connectivity index (χ0v) is 15.4. The highest BCUT2D eigenvalue weighted by Crippen LogP contribution is 2.38. The van der Waals surface area contributed by atoms with Crippen LogP contribution in [0.4, 0.5) is 5.69 Å². The Morgan fingerprint density at radius 1 is 1.21 bits per heavy atom. The first-order valence-corrected chi connectivity index (χ1v) is 8.38. The number of benzene rings is 1. The van der Waals surface area contributed by atoms with E-state index < -0.39 is 0 Å². The van der Waals surface area contributed by atoms with Crippen LogP contribution < -0.4 is 16.4 Å². The molecule has 2 rings (SSSR count). The number of halogens is 1. The average molecular weight is 354 g/mol. The van der Waals surface area contributed by atoms with Crippen LogP contribution in [0, 0.1) is 11.8 Å². The molecule has 1 aromatic carbocycles. The fourth-order valence-corrected chi connectivity index (χ4v) is 2.71. The topological polar surface area (TPSA) is 84.2 Å². The molecular weight excluding hydrogens is 326 g/mol. The molecule has 1 aliphatic rings. The molecule has 2 amide bonds. The third-order valence-corrected chi connectivity index (χ3v) is 4.98. The van der Waals surface area contributed by atoms with E-state index in [4.69, 9.17) is 5.73 Å². The van der Waals surface area contributed by atoms with Crippen molar-refractivity contribution < 1.29 is 9.59 Å². The number of nitrogens with two attached hydrogens (primary N) is 1. The van der Waals surface area contributed by atoms with Crippen LogP contribution >= 0.6 is 12.4 Å². The molecule has 6 heteroatoms. The maximum atomic E-state index is 12.4. The molecule has 1 aliphatic carbocycles. The van der Waals surface area contributed by atoms with Gasteiger partial charge < -0.3 is 16.4 Å². The normalized spacial score (nSPS) is 19.2. The molecule has 0 radical (unpaired) electrons. The summed E-state index contributed by atoms with van der Waals surface area (Å²) in [5.74, 6) is 0.548. The van der Waals surface area contributed by atoms with Crippen molar-refractivity contribution in [2.75, 3.05) is 11.9 Å². The Balaban J connectivity index is 0.00000288. The van der Waals surface area contributed by atoms with Gasteiger partial charge in [-0.2, -0.15) is 0 Å². The van der Waals surface area contributed by atoms with Crippen LogP contribution in [0.25, 0.3) is 0 Å². The van der Waals surface area contributed by atoms with Gasteiger partial charge in [0.25, 0.3) is 5.91 Å². The van der Waals surface area contributed by atoms with Crippen molar-refractivity contribution >= 4 is 29.9 Å². The van der Waals surface area contributed by atoms with E-state index in [1.54, 1.807) is 24.3 Å². The Morgan fingerprint density at radius 2 is 1.75 bits per heavy atom. The predicted octanol–water partition coefficient (Wildman–Crippen LogP) is 2.95. The average Bonchev–Trinajstić information content (AvgIpc) is 3.30. The van der Waals surface area contributed by atoms with Crippen LogP contribution in [0.2, 0.25) is 0 Å². The van der Waals surface area contributed by atoms with E-state index in [9.17, 15) is 9.59 Å². The van der Waals surface area contributed by atoms with E-state index >= 15 is 0 Å². The maximum Gasteiger partial charge on any atom is 0.251 e. The van der Waals surface area contributed by atoms with Crippen molar-refractivity contribution in [2.45, 2.75) is 45.6 Å². The van der Waals surface area contributed by atoms with Gasteiger partial charge >= 0.3 is 0 Å². The summed E-state index contributed by atoms with van der Waals surface area (Å²) in [4.78, 5) is 24.3. The number of carbonyl (C=O) groups excluding carboxylic acids is 2. The molecule has 2 unspecified atom stereocenters. The lowest BCUT2D eigenvalue weighted by atomic mass is 9.92. The molecule has 24 heavy (non-hydrogen) atoms. The Bertz CT molecular complexity index is 562. The summed E-state index contributed by atoms with van der Waals surface area (Å²) in [7, 11) is 0. The summed E-state index contributed by atoms with van der Waals surface area (Å²) in [6, 6.07) is 6.99. The summed E-state index contributed by atoms with van der Waals surface area (Å²) >= 11 is 0. The Hall–Kier alpha value is -1.59. The molecule has 2 atom stereocenters. The van der Waals surface area contributed by atoms with Crippen molar-refractivity contribution in [3.05, 3.63) is 29.8 Å². The lowest BCUT2D eigenvalue weighted by Crippen LogP contribution is -2.52. The van der Waals surface area contributed by atoms with Crippen molar-refractivity contribution in [3.8, 4) is 0 Å². The molecule has 0 heterocycles. The monoisotopic (exact) mass is 353 g/mol. The van der Waals surface area contributed by atoms with Gasteiger partial charge in [0.05, 0.1) is 5.54 Å². The zero-order chi connectivity index (χ0) is 17.0. The van der Waals surface area contributed by atoms with Crippen LogP contribution in [0.5, 0.6) is 0 Å². The minimum atomic E-state index is -0.355. The second-order valence-corrected chi connectivity index (χ2v) is 6.53. The molecule has 5 nitrogen and oxygen atoms in total. The van der Waals surface area contributed by atoms with Gasteiger partial charge in [0, 0.05) is 23.7 Å². The van der Waals surface area contributed by atoms with E-state index in [1.165, 1.54) is 0 Å². The standard InChI is InChI=1S/C18H27N3O2.ClH/c1-4-18(5-2,11-19)21-16(22)13-6-8-14(9-7-13)20-17(23)15-10-12(15)3;/h6-9,12,15H,4-5,10-11,19H2,1-3H3,(H,20,23)(H,21,22);1H. The lowest BCUT2D eigenvalue weighted by Gasteiger charge is -2.31. The number of amides is 2. The maximum absolute atomic E-state index is 12.4. The molecule has 4 N–H and O–H groups in total.